The number of nitrogens with zero attached hydrogens (tertiary/aromatic N) is 4. The Morgan fingerprint density at radius 3 is 2.50 bits per heavy atom. The first-order chi connectivity index (χ1) is 13.5. The van der Waals surface area contributed by atoms with Crippen LogP contribution in [0, 0.1) is 5.92 Å². The van der Waals surface area contributed by atoms with Crippen LogP contribution in [0.1, 0.15) is 63.8 Å². The van der Waals surface area contributed by atoms with Crippen LogP contribution in [0.3, 0.4) is 0 Å². The summed E-state index contributed by atoms with van der Waals surface area (Å²) < 4.78 is 42.3. The van der Waals surface area contributed by atoms with Gasteiger partial charge in [0.15, 0.2) is 5.69 Å². The summed E-state index contributed by atoms with van der Waals surface area (Å²) in [7, 11) is 1.48. The average Bonchev–Trinajstić information content (AvgIpc) is 3.19. The maximum atomic E-state index is 13.1. The first-order valence-corrected chi connectivity index (χ1v) is 9.45. The number of halogens is 3. The molecule has 10 heteroatoms. The van der Waals surface area contributed by atoms with Crippen LogP contribution in [-0.4, -0.2) is 39.5 Å². The van der Waals surface area contributed by atoms with E-state index in [4.69, 9.17) is 4.84 Å². The van der Waals surface area contributed by atoms with E-state index in [9.17, 15) is 18.0 Å². The van der Waals surface area contributed by atoms with Crippen LogP contribution >= 0.6 is 0 Å². The van der Waals surface area contributed by atoms with Gasteiger partial charge in [-0.25, -0.2) is 9.67 Å². The summed E-state index contributed by atoms with van der Waals surface area (Å²) >= 11 is 0. The Hall–Kier alpha value is -2.65. The predicted octanol–water partition coefficient (Wildman–Crippen LogP) is 3.08. The van der Waals surface area contributed by atoms with E-state index < -0.39 is 17.6 Å². The quantitative estimate of drug-likeness (QED) is 0.757. The van der Waals surface area contributed by atoms with Crippen molar-refractivity contribution in [2.75, 3.05) is 7.11 Å². The summed E-state index contributed by atoms with van der Waals surface area (Å²) in [6.07, 6.45) is 1.33. The molecule has 2 aromatic heterocycles. The Labute approximate surface area is 175 Å². The number of rotatable bonds is 4. The Balaban J connectivity index is 0.00000146. The number of aromatic nitrogens is 4. The normalized spacial score (nSPS) is 15.4. The van der Waals surface area contributed by atoms with Gasteiger partial charge in [0.1, 0.15) is 12.6 Å². The van der Waals surface area contributed by atoms with Gasteiger partial charge in [0, 0.05) is 10.3 Å². The minimum absolute atomic E-state index is 0. The highest BCUT2D eigenvalue weighted by molar-refractivity contribution is 5.94. The summed E-state index contributed by atoms with van der Waals surface area (Å²) in [5.41, 5.74) is -0.928. The molecule has 1 unspecified atom stereocenters. The van der Waals surface area contributed by atoms with Gasteiger partial charge in [-0.3, -0.25) is 9.63 Å². The lowest BCUT2D eigenvalue weighted by Gasteiger charge is -2.28. The minimum Gasteiger partial charge on any atom is -0.337 e. The van der Waals surface area contributed by atoms with Crippen molar-refractivity contribution in [3.05, 3.63) is 35.5 Å². The largest absolute Gasteiger partial charge is 0.410 e. The van der Waals surface area contributed by atoms with Gasteiger partial charge in [-0.2, -0.15) is 18.3 Å². The third kappa shape index (κ3) is 4.91. The smallest absolute Gasteiger partial charge is 0.337 e. The molecule has 0 saturated carbocycles. The van der Waals surface area contributed by atoms with Crippen molar-refractivity contribution in [2.45, 2.75) is 66.6 Å². The van der Waals surface area contributed by atoms with E-state index in [2.05, 4.69) is 15.4 Å². The van der Waals surface area contributed by atoms with Crippen molar-refractivity contribution < 1.29 is 27.5 Å². The molecule has 1 amide bonds. The maximum absolute atomic E-state index is 13.1. The molecule has 3 rings (SSSR count). The fourth-order valence-corrected chi connectivity index (χ4v) is 3.03. The Bertz CT molecular complexity index is 878. The molecular weight excluding hydrogens is 399 g/mol. The number of carbonyl (C=O) groups excluding carboxylic acids is 1. The van der Waals surface area contributed by atoms with Crippen LogP contribution in [0.15, 0.2) is 18.6 Å². The monoisotopic (exact) mass is 430 g/mol. The highest BCUT2D eigenvalue weighted by atomic mass is 19.4. The third-order valence-electron chi connectivity index (χ3n) is 4.62. The van der Waals surface area contributed by atoms with E-state index in [0.29, 0.717) is 24.2 Å². The van der Waals surface area contributed by atoms with Crippen molar-refractivity contribution in [3.8, 4) is 5.82 Å². The minimum atomic E-state index is -4.58. The molecule has 0 radical (unpaired) electrons. The van der Waals surface area contributed by atoms with Crippen molar-refractivity contribution in [3.63, 3.8) is 0 Å². The van der Waals surface area contributed by atoms with E-state index in [1.165, 1.54) is 22.7 Å². The standard InChI is InChI=1S/C17H20F3N5O2.C2H6.CH4/c1-10-7-11-12(8-10)25(13-9-24(27-4)6-5-21-13)23-14(11)15(26)22-16(2,3)17(18,19)20;1-2;/h5-6,9-10H,7-8H2,1-4H3;1-2H3;1H4/p+1. The predicted molar refractivity (Wildman–Crippen MR) is 106 cm³/mol. The fraction of sp³-hybridized carbons (Fsp3) is 0.600. The number of alkyl halides is 3. The number of hydrogen-bond acceptors (Lipinski definition) is 4. The van der Waals surface area contributed by atoms with Gasteiger partial charge in [-0.05, 0) is 32.6 Å². The van der Waals surface area contributed by atoms with Gasteiger partial charge in [-0.15, -0.1) is 0 Å². The van der Waals surface area contributed by atoms with Gasteiger partial charge in [0.05, 0.1) is 11.9 Å². The number of hydrogen-bond donors (Lipinski definition) is 1. The van der Waals surface area contributed by atoms with Crippen LogP contribution in [0.5, 0.6) is 0 Å². The molecule has 0 bridgehead atoms. The highest BCUT2D eigenvalue weighted by Gasteiger charge is 2.49. The molecule has 7 nitrogen and oxygen atoms in total. The van der Waals surface area contributed by atoms with Gasteiger partial charge in [-0.1, -0.05) is 28.2 Å². The van der Waals surface area contributed by atoms with E-state index in [0.717, 1.165) is 19.5 Å². The van der Waals surface area contributed by atoms with Crippen molar-refractivity contribution in [2.24, 2.45) is 5.92 Å². The Kier molecular flexibility index (Phi) is 7.99. The second kappa shape index (κ2) is 9.44. The summed E-state index contributed by atoms with van der Waals surface area (Å²) in [5, 5.41) is 6.34. The summed E-state index contributed by atoms with van der Waals surface area (Å²) in [6, 6.07) is 0. The zero-order valence-corrected chi connectivity index (χ0v) is 17.5. The van der Waals surface area contributed by atoms with Gasteiger partial charge in [0.25, 0.3) is 12.1 Å². The Morgan fingerprint density at radius 1 is 1.30 bits per heavy atom. The number of carbonyl (C=O) groups is 1. The van der Waals surface area contributed by atoms with Crippen LogP contribution in [-0.2, 0) is 12.8 Å². The number of nitrogens with one attached hydrogen (secondary N) is 1. The lowest BCUT2D eigenvalue weighted by Crippen LogP contribution is -2.54. The molecule has 168 valence electrons. The van der Waals surface area contributed by atoms with Crippen molar-refractivity contribution in [1.29, 1.82) is 0 Å². The van der Waals surface area contributed by atoms with E-state index in [-0.39, 0.29) is 19.0 Å². The molecule has 0 spiro atoms. The molecular formula is C20H31F3N5O2+. The molecule has 1 aliphatic carbocycles. The molecule has 0 saturated heterocycles. The maximum Gasteiger partial charge on any atom is 0.410 e. The van der Waals surface area contributed by atoms with E-state index in [1.807, 2.05) is 20.8 Å². The number of amides is 1. The van der Waals surface area contributed by atoms with Crippen LogP contribution in [0.4, 0.5) is 13.2 Å². The van der Waals surface area contributed by atoms with Crippen LogP contribution in [0.25, 0.3) is 5.82 Å². The molecule has 1 atom stereocenters. The molecule has 0 fully saturated rings. The second-order valence-corrected chi connectivity index (χ2v) is 7.23. The average molecular weight is 430 g/mol. The second-order valence-electron chi connectivity index (χ2n) is 7.23. The zero-order chi connectivity index (χ0) is 22.0. The van der Waals surface area contributed by atoms with Gasteiger partial charge < -0.3 is 5.32 Å². The summed E-state index contributed by atoms with van der Waals surface area (Å²) in [6.45, 7) is 7.86. The van der Waals surface area contributed by atoms with Gasteiger partial charge >= 0.3 is 6.18 Å². The zero-order valence-electron chi connectivity index (χ0n) is 17.5. The van der Waals surface area contributed by atoms with Crippen LogP contribution < -0.4 is 14.9 Å². The fourth-order valence-electron chi connectivity index (χ4n) is 3.03. The lowest BCUT2D eigenvalue weighted by atomic mass is 10.0. The molecule has 0 aromatic carbocycles. The molecule has 1 aliphatic rings. The molecule has 30 heavy (non-hydrogen) atoms. The summed E-state index contributed by atoms with van der Waals surface area (Å²) in [5.74, 6) is -0.180. The van der Waals surface area contributed by atoms with Crippen molar-refractivity contribution >= 4 is 5.91 Å². The first kappa shape index (κ1) is 25.4. The SMILES string of the molecule is C.CC.CO[n+]1ccnc(-n2nc(C(=O)NC(C)(C)C(F)(F)F)c3c2CC(C)C3)c1. The summed E-state index contributed by atoms with van der Waals surface area (Å²) in [4.78, 5) is 21.9. The molecule has 1 N–H and O–H groups in total. The third-order valence-corrected chi connectivity index (χ3v) is 4.62. The molecule has 2 aromatic rings. The molecule has 0 aliphatic heterocycles. The van der Waals surface area contributed by atoms with Gasteiger partial charge in [0.2, 0.25) is 12.0 Å². The van der Waals surface area contributed by atoms with Crippen LogP contribution in [0.2, 0.25) is 0 Å². The van der Waals surface area contributed by atoms with Crippen molar-refractivity contribution in [1.82, 2.24) is 20.1 Å². The molecule has 2 heterocycles. The Morgan fingerprint density at radius 2 is 1.93 bits per heavy atom. The first-order valence-electron chi connectivity index (χ1n) is 9.45. The highest BCUT2D eigenvalue weighted by Crippen LogP contribution is 2.33. The van der Waals surface area contributed by atoms with E-state index >= 15 is 0 Å². The topological polar surface area (TPSA) is 72.9 Å². The lowest BCUT2D eigenvalue weighted by molar-refractivity contribution is -0.885. The van der Waals surface area contributed by atoms with E-state index in [1.54, 1.807) is 12.4 Å². The number of fused-ring (bicyclic) bond motifs is 1.